The molecule has 4 nitrogen and oxygen atoms in total. The number of hydrogen-bond acceptors (Lipinski definition) is 7. The summed E-state index contributed by atoms with van der Waals surface area (Å²) < 4.78 is 6.12. The largest absolute Gasteiger partial charge is 0.369 e. The van der Waals surface area contributed by atoms with Crippen molar-refractivity contribution in [1.29, 1.82) is 0 Å². The fraction of sp³-hybridized carbons (Fsp3) is 0.381. The Hall–Kier alpha value is -1.12. The van der Waals surface area contributed by atoms with E-state index < -0.39 is 0 Å². The highest BCUT2D eigenvalue weighted by Crippen LogP contribution is 2.43. The summed E-state index contributed by atoms with van der Waals surface area (Å²) in [4.78, 5) is 24.4. The summed E-state index contributed by atoms with van der Waals surface area (Å²) in [6.07, 6.45) is 3.77. The van der Waals surface area contributed by atoms with Crippen molar-refractivity contribution in [3.8, 4) is 0 Å². The molecule has 0 saturated heterocycles. The molecule has 1 aliphatic rings. The van der Waals surface area contributed by atoms with Crippen molar-refractivity contribution in [2.75, 3.05) is 12.0 Å². The first kappa shape index (κ1) is 21.1. The van der Waals surface area contributed by atoms with Crippen LogP contribution in [-0.4, -0.2) is 33.4 Å². The van der Waals surface area contributed by atoms with Crippen molar-refractivity contribution < 1.29 is 9.53 Å². The van der Waals surface area contributed by atoms with Gasteiger partial charge in [-0.2, -0.15) is 0 Å². The van der Waals surface area contributed by atoms with E-state index in [1.807, 2.05) is 6.26 Å². The molecule has 0 fully saturated rings. The molecular formula is C21H21ClN2O2S3. The van der Waals surface area contributed by atoms with Gasteiger partial charge in [0, 0.05) is 27.3 Å². The maximum atomic E-state index is 12.7. The minimum Gasteiger partial charge on any atom is -0.369 e. The molecule has 0 spiro atoms. The van der Waals surface area contributed by atoms with E-state index in [4.69, 9.17) is 26.3 Å². The van der Waals surface area contributed by atoms with Crippen molar-refractivity contribution >= 4 is 62.5 Å². The van der Waals surface area contributed by atoms with Crippen molar-refractivity contribution in [2.45, 2.75) is 49.1 Å². The summed E-state index contributed by atoms with van der Waals surface area (Å²) in [5.74, 6) is 0.392. The first-order valence-electron chi connectivity index (χ1n) is 9.34. The number of ether oxygens (including phenoxy) is 1. The Morgan fingerprint density at radius 2 is 2.07 bits per heavy atom. The molecule has 1 atom stereocenters. The van der Waals surface area contributed by atoms with E-state index in [1.54, 1.807) is 35.6 Å². The molecule has 29 heavy (non-hydrogen) atoms. The average molecular weight is 465 g/mol. The predicted molar refractivity (Wildman–Crippen MR) is 123 cm³/mol. The lowest BCUT2D eigenvalue weighted by atomic mass is 9.90. The van der Waals surface area contributed by atoms with Crippen molar-refractivity contribution in [3.63, 3.8) is 0 Å². The van der Waals surface area contributed by atoms with Crippen molar-refractivity contribution in [3.05, 3.63) is 45.3 Å². The second-order valence-electron chi connectivity index (χ2n) is 7.19. The monoisotopic (exact) mass is 464 g/mol. The second kappa shape index (κ2) is 8.55. The van der Waals surface area contributed by atoms with Gasteiger partial charge in [0.2, 0.25) is 0 Å². The van der Waals surface area contributed by atoms with Crippen LogP contribution in [0.2, 0.25) is 5.02 Å². The van der Waals surface area contributed by atoms with Crippen LogP contribution in [0, 0.1) is 0 Å². The van der Waals surface area contributed by atoms with Crippen LogP contribution in [0.3, 0.4) is 0 Å². The number of carbonyl (C=O) groups is 1. The first-order valence-corrected chi connectivity index (χ1v) is 12.7. The highest BCUT2D eigenvalue weighted by atomic mass is 35.5. The van der Waals surface area contributed by atoms with Crippen LogP contribution in [0.1, 0.15) is 41.1 Å². The fourth-order valence-electron chi connectivity index (χ4n) is 3.30. The first-order chi connectivity index (χ1) is 13.9. The summed E-state index contributed by atoms with van der Waals surface area (Å²) in [7, 11) is 0. The van der Waals surface area contributed by atoms with E-state index >= 15 is 0 Å². The lowest BCUT2D eigenvalue weighted by molar-refractivity contribution is -0.0543. The van der Waals surface area contributed by atoms with Crippen LogP contribution in [0.5, 0.6) is 0 Å². The Morgan fingerprint density at radius 1 is 1.31 bits per heavy atom. The number of halogens is 1. The Morgan fingerprint density at radius 3 is 2.76 bits per heavy atom. The van der Waals surface area contributed by atoms with Gasteiger partial charge >= 0.3 is 0 Å². The number of benzene rings is 1. The number of rotatable bonds is 6. The normalized spacial score (nSPS) is 18.8. The third kappa shape index (κ3) is 4.35. The van der Waals surface area contributed by atoms with Gasteiger partial charge in [-0.3, -0.25) is 4.79 Å². The summed E-state index contributed by atoms with van der Waals surface area (Å²) in [6, 6.07) is 7.03. The van der Waals surface area contributed by atoms with E-state index in [9.17, 15) is 4.79 Å². The molecule has 0 unspecified atom stereocenters. The summed E-state index contributed by atoms with van der Waals surface area (Å²) in [6.45, 7) is 4.93. The number of hydrogen-bond donors (Lipinski definition) is 0. The standard InChI is InChI=1S/C21H21ClN2O2S3/c1-4-21(2)9-14-16(10-26-21)29-19-17(14)18(23-20(24-19)27-3)28-11-15(25)12-5-7-13(22)8-6-12/h5-8H,4,9-11H2,1-3H3/t21-/m0/s1. The highest BCUT2D eigenvalue weighted by molar-refractivity contribution is 8.00. The van der Waals surface area contributed by atoms with E-state index in [2.05, 4.69) is 13.8 Å². The highest BCUT2D eigenvalue weighted by Gasteiger charge is 2.33. The van der Waals surface area contributed by atoms with Crippen LogP contribution >= 0.6 is 46.5 Å². The van der Waals surface area contributed by atoms with Crippen LogP contribution < -0.4 is 0 Å². The molecule has 0 N–H and O–H groups in total. The molecule has 8 heteroatoms. The van der Waals surface area contributed by atoms with Crippen LogP contribution in [-0.2, 0) is 17.8 Å². The van der Waals surface area contributed by atoms with Crippen LogP contribution in [0.25, 0.3) is 10.2 Å². The molecule has 0 saturated carbocycles. The van der Waals surface area contributed by atoms with Crippen LogP contribution in [0.4, 0.5) is 0 Å². The number of thioether (sulfide) groups is 2. The van der Waals surface area contributed by atoms with Gasteiger partial charge in [-0.1, -0.05) is 42.0 Å². The molecule has 0 bridgehead atoms. The second-order valence-corrected chi connectivity index (χ2v) is 10.4. The molecular weight excluding hydrogens is 444 g/mol. The SMILES string of the molecule is CC[C@@]1(C)Cc2c(sc3nc(SC)nc(SCC(=O)c4ccc(Cl)cc4)c23)CO1. The minimum atomic E-state index is -0.166. The Balaban J connectivity index is 1.68. The molecule has 0 amide bonds. The van der Waals surface area contributed by atoms with Gasteiger partial charge in [0.15, 0.2) is 10.9 Å². The Kier molecular flexibility index (Phi) is 6.23. The van der Waals surface area contributed by atoms with Gasteiger partial charge in [-0.25, -0.2) is 9.97 Å². The van der Waals surface area contributed by atoms with Gasteiger partial charge in [-0.15, -0.1) is 11.3 Å². The number of aromatic nitrogens is 2. The third-order valence-electron chi connectivity index (χ3n) is 5.22. The molecule has 1 aliphatic heterocycles. The smallest absolute Gasteiger partial charge is 0.189 e. The molecule has 3 aromatic rings. The van der Waals surface area contributed by atoms with E-state index in [0.29, 0.717) is 22.9 Å². The molecule has 3 heterocycles. The number of fused-ring (bicyclic) bond motifs is 3. The molecule has 0 aliphatic carbocycles. The molecule has 2 aromatic heterocycles. The van der Waals surface area contributed by atoms with E-state index in [0.717, 1.165) is 33.2 Å². The lowest BCUT2D eigenvalue weighted by Gasteiger charge is -2.33. The topological polar surface area (TPSA) is 52.1 Å². The zero-order chi connectivity index (χ0) is 20.6. The lowest BCUT2D eigenvalue weighted by Crippen LogP contribution is -2.33. The maximum Gasteiger partial charge on any atom is 0.189 e. The number of nitrogens with zero attached hydrogens (tertiary/aromatic N) is 2. The fourth-order valence-corrected chi connectivity index (χ4v) is 6.02. The minimum absolute atomic E-state index is 0.0648. The molecule has 4 rings (SSSR count). The number of ketones is 1. The predicted octanol–water partition coefficient (Wildman–Crippen LogP) is 6.28. The summed E-state index contributed by atoms with van der Waals surface area (Å²) in [5, 5.41) is 3.35. The molecule has 0 radical (unpaired) electrons. The molecule has 1 aromatic carbocycles. The van der Waals surface area contributed by atoms with Gasteiger partial charge in [0.1, 0.15) is 9.86 Å². The van der Waals surface area contributed by atoms with Crippen molar-refractivity contribution in [1.82, 2.24) is 9.97 Å². The van der Waals surface area contributed by atoms with Gasteiger partial charge in [-0.05, 0) is 49.4 Å². The number of thiophene rings is 1. The van der Waals surface area contributed by atoms with E-state index in [-0.39, 0.29) is 11.4 Å². The average Bonchev–Trinajstić information content (AvgIpc) is 3.09. The van der Waals surface area contributed by atoms with Crippen LogP contribution in [0.15, 0.2) is 34.4 Å². The van der Waals surface area contributed by atoms with Gasteiger partial charge < -0.3 is 4.74 Å². The maximum absolute atomic E-state index is 12.7. The van der Waals surface area contributed by atoms with Gasteiger partial charge in [0.05, 0.1) is 18.0 Å². The quantitative estimate of drug-likeness (QED) is 0.185. The van der Waals surface area contributed by atoms with Gasteiger partial charge in [0.25, 0.3) is 0 Å². The summed E-state index contributed by atoms with van der Waals surface area (Å²) >= 11 is 10.6. The molecule has 152 valence electrons. The Labute approximate surface area is 187 Å². The zero-order valence-corrected chi connectivity index (χ0v) is 19.7. The number of Topliss-reactive ketones (excluding diaryl/α,β-unsaturated/α-hetero) is 1. The summed E-state index contributed by atoms with van der Waals surface area (Å²) in [5.41, 5.74) is 1.78. The third-order valence-corrected chi connectivity index (χ3v) is 8.09. The van der Waals surface area contributed by atoms with Crippen molar-refractivity contribution in [2.24, 2.45) is 0 Å². The number of carbonyl (C=O) groups excluding carboxylic acids is 1. The van der Waals surface area contributed by atoms with E-state index in [1.165, 1.54) is 34.0 Å². The Bertz CT molecular complexity index is 1070. The zero-order valence-electron chi connectivity index (χ0n) is 16.5.